The van der Waals surface area contributed by atoms with Gasteiger partial charge in [0.15, 0.2) is 0 Å². The van der Waals surface area contributed by atoms with E-state index < -0.39 is 0 Å². The molecule has 1 atom stereocenters. The van der Waals surface area contributed by atoms with Gasteiger partial charge in [0, 0.05) is 20.2 Å². The highest BCUT2D eigenvalue weighted by Crippen LogP contribution is 2.08. The lowest BCUT2D eigenvalue weighted by atomic mass is 10.2. The van der Waals surface area contributed by atoms with Crippen LogP contribution in [0, 0.1) is 5.82 Å². The van der Waals surface area contributed by atoms with Gasteiger partial charge in [-0.1, -0.05) is 12.1 Å². The second-order valence-electron chi connectivity index (χ2n) is 3.88. The number of halogens is 2. The number of methoxy groups -OCH3 is 1. The van der Waals surface area contributed by atoms with Crippen molar-refractivity contribution in [2.75, 3.05) is 27.3 Å². The van der Waals surface area contributed by atoms with Crippen LogP contribution in [0.3, 0.4) is 0 Å². The number of benzene rings is 1. The molecular weight excluding hydrogens is 229 g/mol. The van der Waals surface area contributed by atoms with Gasteiger partial charge in [-0.15, -0.1) is 11.6 Å². The number of alkyl halides is 1. The van der Waals surface area contributed by atoms with E-state index in [1.54, 1.807) is 13.2 Å². The Kier molecular flexibility index (Phi) is 5.74. The second kappa shape index (κ2) is 6.84. The van der Waals surface area contributed by atoms with Crippen LogP contribution in [0.1, 0.15) is 5.56 Å². The van der Waals surface area contributed by atoms with Crippen molar-refractivity contribution in [1.29, 1.82) is 0 Å². The molecule has 0 fully saturated rings. The quantitative estimate of drug-likeness (QED) is 0.714. The van der Waals surface area contributed by atoms with Crippen molar-refractivity contribution in [3.63, 3.8) is 0 Å². The topological polar surface area (TPSA) is 12.5 Å². The van der Waals surface area contributed by atoms with Gasteiger partial charge in [0.2, 0.25) is 0 Å². The van der Waals surface area contributed by atoms with Gasteiger partial charge in [-0.3, -0.25) is 0 Å². The van der Waals surface area contributed by atoms with Gasteiger partial charge < -0.3 is 9.64 Å². The van der Waals surface area contributed by atoms with Gasteiger partial charge >= 0.3 is 0 Å². The summed E-state index contributed by atoms with van der Waals surface area (Å²) in [7, 11) is 3.58. The first-order valence-corrected chi connectivity index (χ1v) is 5.61. The minimum absolute atomic E-state index is 0.0384. The summed E-state index contributed by atoms with van der Waals surface area (Å²) in [6, 6.07) is 6.60. The van der Waals surface area contributed by atoms with E-state index in [1.807, 2.05) is 18.0 Å². The molecule has 0 N–H and O–H groups in total. The Hall–Kier alpha value is -0.640. The first-order chi connectivity index (χ1) is 7.61. The first kappa shape index (κ1) is 13.4. The fourth-order valence-corrected chi connectivity index (χ4v) is 1.94. The summed E-state index contributed by atoms with van der Waals surface area (Å²) in [6.45, 7) is 1.92. The van der Waals surface area contributed by atoms with Gasteiger partial charge in [0.25, 0.3) is 0 Å². The van der Waals surface area contributed by atoms with Crippen LogP contribution in [0.15, 0.2) is 24.3 Å². The molecule has 0 amide bonds. The molecule has 1 aromatic rings. The molecule has 0 spiro atoms. The average Bonchev–Trinajstić information content (AvgIpc) is 2.17. The highest BCUT2D eigenvalue weighted by molar-refractivity contribution is 6.20. The van der Waals surface area contributed by atoms with Crippen LogP contribution in [0.5, 0.6) is 0 Å². The molecule has 2 nitrogen and oxygen atoms in total. The van der Waals surface area contributed by atoms with Crippen molar-refractivity contribution in [2.24, 2.45) is 0 Å². The number of hydrogen-bond donors (Lipinski definition) is 0. The molecule has 0 bridgehead atoms. The SMILES string of the molecule is COCC(Cl)CN(C)Cc1cccc(F)c1. The van der Waals surface area contributed by atoms with Gasteiger partial charge in [-0.25, -0.2) is 4.39 Å². The van der Waals surface area contributed by atoms with E-state index >= 15 is 0 Å². The first-order valence-electron chi connectivity index (χ1n) is 5.18. The summed E-state index contributed by atoms with van der Waals surface area (Å²) < 4.78 is 17.9. The molecule has 4 heteroatoms. The summed E-state index contributed by atoms with van der Waals surface area (Å²) in [5.41, 5.74) is 0.948. The predicted octanol–water partition coefficient (Wildman–Crippen LogP) is 2.51. The molecule has 1 rings (SSSR count). The van der Waals surface area contributed by atoms with E-state index in [2.05, 4.69) is 0 Å². The Labute approximate surface area is 101 Å². The molecule has 0 aromatic heterocycles. The molecule has 0 radical (unpaired) electrons. The molecule has 90 valence electrons. The molecule has 0 heterocycles. The molecule has 0 saturated heterocycles. The van der Waals surface area contributed by atoms with Crippen LogP contribution in [0.4, 0.5) is 4.39 Å². The minimum Gasteiger partial charge on any atom is -0.383 e. The predicted molar refractivity (Wildman–Crippen MR) is 64.3 cm³/mol. The van der Waals surface area contributed by atoms with E-state index in [0.29, 0.717) is 19.7 Å². The maximum atomic E-state index is 12.9. The van der Waals surface area contributed by atoms with Crippen molar-refractivity contribution < 1.29 is 9.13 Å². The van der Waals surface area contributed by atoms with Gasteiger partial charge in [0.1, 0.15) is 5.82 Å². The molecule has 1 unspecified atom stereocenters. The molecule has 16 heavy (non-hydrogen) atoms. The van der Waals surface area contributed by atoms with Gasteiger partial charge in [0.05, 0.1) is 12.0 Å². The third-order valence-corrected chi connectivity index (χ3v) is 2.46. The fraction of sp³-hybridized carbons (Fsp3) is 0.500. The number of nitrogens with zero attached hydrogens (tertiary/aromatic N) is 1. The Morgan fingerprint density at radius 3 is 2.88 bits per heavy atom. The maximum Gasteiger partial charge on any atom is 0.123 e. The monoisotopic (exact) mass is 245 g/mol. The second-order valence-corrected chi connectivity index (χ2v) is 4.50. The maximum absolute atomic E-state index is 12.9. The zero-order valence-electron chi connectivity index (χ0n) is 9.62. The zero-order chi connectivity index (χ0) is 12.0. The Balaban J connectivity index is 2.42. The van der Waals surface area contributed by atoms with Gasteiger partial charge in [-0.2, -0.15) is 0 Å². The average molecular weight is 246 g/mol. The molecule has 1 aromatic carbocycles. The van der Waals surface area contributed by atoms with E-state index in [9.17, 15) is 4.39 Å². The summed E-state index contributed by atoms with van der Waals surface area (Å²) in [4.78, 5) is 2.05. The summed E-state index contributed by atoms with van der Waals surface area (Å²) >= 11 is 6.03. The summed E-state index contributed by atoms with van der Waals surface area (Å²) in [5, 5.41) is -0.0384. The minimum atomic E-state index is -0.204. The molecule has 0 aliphatic heterocycles. The van der Waals surface area contributed by atoms with Crippen molar-refractivity contribution >= 4 is 11.6 Å². The normalized spacial score (nSPS) is 13.1. The van der Waals surface area contributed by atoms with E-state index in [0.717, 1.165) is 5.56 Å². The van der Waals surface area contributed by atoms with Crippen LogP contribution >= 0.6 is 11.6 Å². The molecular formula is C12H17ClFNO. The van der Waals surface area contributed by atoms with Gasteiger partial charge in [-0.05, 0) is 24.7 Å². The van der Waals surface area contributed by atoms with Crippen LogP contribution in [0.25, 0.3) is 0 Å². The number of ether oxygens (including phenoxy) is 1. The van der Waals surface area contributed by atoms with E-state index in [4.69, 9.17) is 16.3 Å². The van der Waals surface area contributed by atoms with Crippen molar-refractivity contribution in [3.05, 3.63) is 35.6 Å². The molecule has 0 aliphatic rings. The lowest BCUT2D eigenvalue weighted by Gasteiger charge is -2.19. The molecule has 0 saturated carbocycles. The van der Waals surface area contributed by atoms with Crippen LogP contribution in [0.2, 0.25) is 0 Å². The smallest absolute Gasteiger partial charge is 0.123 e. The Bertz CT molecular complexity index is 322. The Morgan fingerprint density at radius 1 is 1.50 bits per heavy atom. The van der Waals surface area contributed by atoms with Crippen LogP contribution in [-0.2, 0) is 11.3 Å². The zero-order valence-corrected chi connectivity index (χ0v) is 10.4. The standard InChI is InChI=1S/C12H17ClFNO/c1-15(8-11(13)9-16-2)7-10-4-3-5-12(14)6-10/h3-6,11H,7-9H2,1-2H3. The highest BCUT2D eigenvalue weighted by Gasteiger charge is 2.08. The fourth-order valence-electron chi connectivity index (χ4n) is 1.58. The Morgan fingerprint density at radius 2 is 2.25 bits per heavy atom. The van der Waals surface area contributed by atoms with E-state index in [-0.39, 0.29) is 11.2 Å². The summed E-state index contributed by atoms with van der Waals surface area (Å²) in [6.07, 6.45) is 0. The lowest BCUT2D eigenvalue weighted by molar-refractivity contribution is 0.181. The van der Waals surface area contributed by atoms with Crippen LogP contribution in [-0.4, -0.2) is 37.6 Å². The van der Waals surface area contributed by atoms with E-state index in [1.165, 1.54) is 12.1 Å². The lowest BCUT2D eigenvalue weighted by Crippen LogP contribution is -2.28. The third-order valence-electron chi connectivity index (χ3n) is 2.20. The largest absolute Gasteiger partial charge is 0.383 e. The third kappa shape index (κ3) is 4.92. The summed E-state index contributed by atoms with van der Waals surface area (Å²) in [5.74, 6) is -0.204. The van der Waals surface area contributed by atoms with Crippen molar-refractivity contribution in [1.82, 2.24) is 4.90 Å². The van der Waals surface area contributed by atoms with Crippen molar-refractivity contribution in [3.8, 4) is 0 Å². The molecule has 0 aliphatic carbocycles. The highest BCUT2D eigenvalue weighted by atomic mass is 35.5. The van der Waals surface area contributed by atoms with Crippen LogP contribution < -0.4 is 0 Å². The number of hydrogen-bond acceptors (Lipinski definition) is 2. The van der Waals surface area contributed by atoms with Crippen molar-refractivity contribution in [2.45, 2.75) is 11.9 Å². The number of rotatable bonds is 6.